The minimum absolute atomic E-state index is 0.0144. The van der Waals surface area contributed by atoms with Crippen molar-refractivity contribution in [3.05, 3.63) is 106 Å². The summed E-state index contributed by atoms with van der Waals surface area (Å²) in [5.74, 6) is 0.164. The summed E-state index contributed by atoms with van der Waals surface area (Å²) in [6.45, 7) is 2.85. The van der Waals surface area contributed by atoms with Crippen LogP contribution in [0.25, 0.3) is 10.9 Å². The van der Waals surface area contributed by atoms with Gasteiger partial charge in [-0.2, -0.15) is 0 Å². The topological polar surface area (TPSA) is 75.4 Å². The molecule has 0 fully saturated rings. The number of nitrogens with zero attached hydrogens (tertiary/aromatic N) is 3. The molecule has 0 saturated carbocycles. The van der Waals surface area contributed by atoms with Crippen molar-refractivity contribution in [1.82, 2.24) is 9.55 Å². The van der Waals surface area contributed by atoms with Gasteiger partial charge in [-0.25, -0.2) is 4.98 Å². The van der Waals surface area contributed by atoms with Crippen molar-refractivity contribution >= 4 is 22.5 Å². The largest absolute Gasteiger partial charge is 0.396 e. The molecule has 3 aromatic carbocycles. The Hall–Kier alpha value is -3.77. The van der Waals surface area contributed by atoms with Crippen LogP contribution in [0.15, 0.2) is 77.6 Å². The Kier molecular flexibility index (Phi) is 5.99. The van der Waals surface area contributed by atoms with Crippen LogP contribution in [0.5, 0.6) is 0 Å². The molecular weight excluding hydrogens is 426 g/mol. The lowest BCUT2D eigenvalue weighted by Crippen LogP contribution is -2.31. The van der Waals surface area contributed by atoms with Crippen LogP contribution in [0.1, 0.15) is 34.9 Å². The van der Waals surface area contributed by atoms with Gasteiger partial charge in [-0.1, -0.05) is 60.2 Å². The van der Waals surface area contributed by atoms with Gasteiger partial charge in [0, 0.05) is 25.3 Å². The molecule has 0 spiro atoms. The summed E-state index contributed by atoms with van der Waals surface area (Å²) >= 11 is 0. The second kappa shape index (κ2) is 9.23. The summed E-state index contributed by atoms with van der Waals surface area (Å²) in [5.41, 5.74) is 4.52. The van der Waals surface area contributed by atoms with Crippen molar-refractivity contribution < 1.29 is 9.90 Å². The standard InChI is InChI=1S/C28H27N3O3/c1-19-12-13-25-22(16-19)23(28(34)31(25)18-20-8-3-2-4-9-20)17-26-29-24-11-6-5-10-21(24)27(33)30(26)14-7-15-32/h2-6,8-13,16,23,32H,7,14-15,17-18H2,1H3/t23-/m1/s1. The quantitative estimate of drug-likeness (QED) is 0.460. The molecule has 0 unspecified atom stereocenters. The Labute approximate surface area is 198 Å². The molecule has 1 amide bonds. The predicted molar refractivity (Wildman–Crippen MR) is 133 cm³/mol. The number of amides is 1. The molecule has 1 N–H and O–H groups in total. The molecule has 0 aliphatic carbocycles. The fourth-order valence-electron chi connectivity index (χ4n) is 4.78. The smallest absolute Gasteiger partial charge is 0.261 e. The first-order valence-corrected chi connectivity index (χ1v) is 11.6. The monoisotopic (exact) mass is 453 g/mol. The third-order valence-corrected chi connectivity index (χ3v) is 6.46. The predicted octanol–water partition coefficient (Wildman–Crippen LogP) is 3.96. The van der Waals surface area contributed by atoms with E-state index in [0.29, 0.717) is 42.7 Å². The Morgan fingerprint density at radius 2 is 1.74 bits per heavy atom. The number of anilines is 1. The summed E-state index contributed by atoms with van der Waals surface area (Å²) in [6, 6.07) is 23.3. The van der Waals surface area contributed by atoms with Crippen LogP contribution in [0.2, 0.25) is 0 Å². The van der Waals surface area contributed by atoms with Gasteiger partial charge in [0.05, 0.1) is 23.4 Å². The molecule has 6 nitrogen and oxygen atoms in total. The Bertz CT molecular complexity index is 1410. The summed E-state index contributed by atoms with van der Waals surface area (Å²) < 4.78 is 1.63. The molecule has 0 bridgehead atoms. The van der Waals surface area contributed by atoms with E-state index < -0.39 is 5.92 Å². The van der Waals surface area contributed by atoms with E-state index in [0.717, 1.165) is 22.4 Å². The Morgan fingerprint density at radius 1 is 0.971 bits per heavy atom. The van der Waals surface area contributed by atoms with E-state index in [1.807, 2.05) is 72.5 Å². The number of carbonyl (C=O) groups is 1. The number of aliphatic hydroxyl groups is 1. The van der Waals surface area contributed by atoms with Crippen LogP contribution in [0.4, 0.5) is 5.69 Å². The number of hydrogen-bond donors (Lipinski definition) is 1. The van der Waals surface area contributed by atoms with Gasteiger partial charge >= 0.3 is 0 Å². The van der Waals surface area contributed by atoms with E-state index in [1.54, 1.807) is 10.6 Å². The number of fused-ring (bicyclic) bond motifs is 2. The molecule has 0 radical (unpaired) electrons. The molecule has 172 valence electrons. The Morgan fingerprint density at radius 3 is 2.53 bits per heavy atom. The zero-order valence-electron chi connectivity index (χ0n) is 19.1. The van der Waals surface area contributed by atoms with Gasteiger partial charge in [0.2, 0.25) is 5.91 Å². The molecule has 34 heavy (non-hydrogen) atoms. The maximum atomic E-state index is 13.7. The first kappa shape index (κ1) is 22.0. The van der Waals surface area contributed by atoms with Crippen LogP contribution in [0.3, 0.4) is 0 Å². The number of aliphatic hydroxyl groups excluding tert-OH is 1. The minimum Gasteiger partial charge on any atom is -0.396 e. The lowest BCUT2D eigenvalue weighted by Gasteiger charge is -2.19. The molecule has 1 atom stereocenters. The number of para-hydroxylation sites is 1. The van der Waals surface area contributed by atoms with Gasteiger partial charge in [-0.05, 0) is 42.7 Å². The van der Waals surface area contributed by atoms with Gasteiger partial charge in [0.15, 0.2) is 0 Å². The highest BCUT2D eigenvalue weighted by Gasteiger charge is 2.38. The highest BCUT2D eigenvalue weighted by Crippen LogP contribution is 2.40. The average molecular weight is 454 g/mol. The fourth-order valence-corrected chi connectivity index (χ4v) is 4.78. The van der Waals surface area contributed by atoms with Crippen molar-refractivity contribution in [2.45, 2.75) is 38.8 Å². The SMILES string of the molecule is Cc1ccc2c(c1)[C@@H](Cc1nc3ccccc3c(=O)n1CCCO)C(=O)N2Cc1ccccc1. The van der Waals surface area contributed by atoms with E-state index in [-0.39, 0.29) is 18.1 Å². The lowest BCUT2D eigenvalue weighted by atomic mass is 9.95. The van der Waals surface area contributed by atoms with E-state index >= 15 is 0 Å². The highest BCUT2D eigenvalue weighted by atomic mass is 16.3. The summed E-state index contributed by atoms with van der Waals surface area (Å²) in [7, 11) is 0. The van der Waals surface area contributed by atoms with Gasteiger partial charge in [0.1, 0.15) is 5.82 Å². The van der Waals surface area contributed by atoms with E-state index in [1.165, 1.54) is 0 Å². The van der Waals surface area contributed by atoms with Crippen molar-refractivity contribution in [3.63, 3.8) is 0 Å². The van der Waals surface area contributed by atoms with Gasteiger partial charge in [-0.3, -0.25) is 14.2 Å². The summed E-state index contributed by atoms with van der Waals surface area (Å²) in [6.07, 6.45) is 0.771. The molecule has 1 aliphatic rings. The minimum atomic E-state index is -0.424. The van der Waals surface area contributed by atoms with Crippen LogP contribution >= 0.6 is 0 Å². The lowest BCUT2D eigenvalue weighted by molar-refractivity contribution is -0.119. The first-order chi connectivity index (χ1) is 16.6. The molecule has 4 aromatic rings. The van der Waals surface area contributed by atoms with Gasteiger partial charge < -0.3 is 10.0 Å². The molecular formula is C28H27N3O3. The molecule has 2 heterocycles. The van der Waals surface area contributed by atoms with Crippen molar-refractivity contribution in [2.24, 2.45) is 0 Å². The van der Waals surface area contributed by atoms with Crippen LogP contribution in [-0.4, -0.2) is 27.2 Å². The van der Waals surface area contributed by atoms with Crippen molar-refractivity contribution in [3.8, 4) is 0 Å². The third-order valence-electron chi connectivity index (χ3n) is 6.46. The Balaban J connectivity index is 1.57. The van der Waals surface area contributed by atoms with Crippen molar-refractivity contribution in [2.75, 3.05) is 11.5 Å². The molecule has 1 aliphatic heterocycles. The van der Waals surface area contributed by atoms with Crippen LogP contribution in [-0.2, 0) is 24.3 Å². The zero-order valence-corrected chi connectivity index (χ0v) is 19.1. The maximum Gasteiger partial charge on any atom is 0.261 e. The zero-order chi connectivity index (χ0) is 23.7. The molecule has 5 rings (SSSR count). The third kappa shape index (κ3) is 4.01. The first-order valence-electron chi connectivity index (χ1n) is 11.6. The molecule has 0 saturated heterocycles. The number of aryl methyl sites for hydroxylation is 1. The second-order valence-corrected chi connectivity index (χ2v) is 8.81. The molecule has 1 aromatic heterocycles. The van der Waals surface area contributed by atoms with Gasteiger partial charge in [-0.15, -0.1) is 0 Å². The number of aromatic nitrogens is 2. The van der Waals surface area contributed by atoms with Gasteiger partial charge in [0.25, 0.3) is 5.56 Å². The number of benzene rings is 3. The normalized spacial score (nSPS) is 15.2. The average Bonchev–Trinajstić information content (AvgIpc) is 3.09. The number of carbonyl (C=O) groups excluding carboxylic acids is 1. The summed E-state index contributed by atoms with van der Waals surface area (Å²) in [5, 5.41) is 9.93. The summed E-state index contributed by atoms with van der Waals surface area (Å²) in [4.78, 5) is 33.6. The second-order valence-electron chi connectivity index (χ2n) is 8.81. The van der Waals surface area contributed by atoms with E-state index in [2.05, 4.69) is 6.07 Å². The van der Waals surface area contributed by atoms with Crippen LogP contribution in [0, 0.1) is 6.92 Å². The highest BCUT2D eigenvalue weighted by molar-refractivity contribution is 6.05. The fraction of sp³-hybridized carbons (Fsp3) is 0.250. The maximum absolute atomic E-state index is 13.7. The van der Waals surface area contributed by atoms with Crippen LogP contribution < -0.4 is 10.5 Å². The van der Waals surface area contributed by atoms with E-state index in [4.69, 9.17) is 4.98 Å². The van der Waals surface area contributed by atoms with E-state index in [9.17, 15) is 14.7 Å². The number of hydrogen-bond acceptors (Lipinski definition) is 4. The van der Waals surface area contributed by atoms with Crippen molar-refractivity contribution in [1.29, 1.82) is 0 Å². The number of rotatable bonds is 7. The molecule has 6 heteroatoms.